The minimum Gasteiger partial charge on any atom is -0.480 e. The summed E-state index contributed by atoms with van der Waals surface area (Å²) in [7, 11) is 0. The van der Waals surface area contributed by atoms with Crippen LogP contribution in [0.1, 0.15) is 30.6 Å². The van der Waals surface area contributed by atoms with Crippen LogP contribution in [-0.4, -0.2) is 23.0 Å². The maximum atomic E-state index is 13.0. The highest BCUT2D eigenvalue weighted by atomic mass is 35.5. The van der Waals surface area contributed by atoms with Gasteiger partial charge in [-0.05, 0) is 30.5 Å². The highest BCUT2D eigenvalue weighted by Gasteiger charge is 2.22. The fourth-order valence-corrected chi connectivity index (χ4v) is 1.75. The van der Waals surface area contributed by atoms with Crippen molar-refractivity contribution in [1.29, 1.82) is 0 Å². The smallest absolute Gasteiger partial charge is 0.326 e. The minimum absolute atomic E-state index is 0.123. The first kappa shape index (κ1) is 15.4. The van der Waals surface area contributed by atoms with Crippen LogP contribution in [0.4, 0.5) is 4.39 Å². The van der Waals surface area contributed by atoms with Crippen molar-refractivity contribution in [1.82, 2.24) is 5.32 Å². The lowest BCUT2D eigenvalue weighted by atomic mass is 10.0. The second-order valence-electron chi connectivity index (χ2n) is 4.62. The van der Waals surface area contributed by atoms with Gasteiger partial charge in [-0.15, -0.1) is 0 Å². The van der Waals surface area contributed by atoms with Crippen molar-refractivity contribution in [3.8, 4) is 0 Å². The van der Waals surface area contributed by atoms with E-state index in [1.165, 1.54) is 12.1 Å². The number of amides is 1. The Kier molecular flexibility index (Phi) is 5.30. The molecule has 1 aromatic rings. The molecule has 0 aliphatic heterocycles. The number of rotatable bonds is 5. The largest absolute Gasteiger partial charge is 0.480 e. The molecular formula is C13H15ClFNO3. The first-order valence-electron chi connectivity index (χ1n) is 5.80. The molecule has 1 rings (SSSR count). The number of halogens is 2. The quantitative estimate of drug-likeness (QED) is 0.875. The zero-order chi connectivity index (χ0) is 14.6. The zero-order valence-corrected chi connectivity index (χ0v) is 11.4. The highest BCUT2D eigenvalue weighted by Crippen LogP contribution is 2.16. The number of aliphatic carboxylic acids is 1. The average Bonchev–Trinajstić information content (AvgIpc) is 2.31. The Balaban J connectivity index is 2.81. The lowest BCUT2D eigenvalue weighted by Gasteiger charge is -2.16. The SMILES string of the molecule is CC(C)C[C@H](NC(=O)c1ccc(F)c(Cl)c1)C(=O)O. The molecule has 19 heavy (non-hydrogen) atoms. The zero-order valence-electron chi connectivity index (χ0n) is 10.6. The van der Waals surface area contributed by atoms with E-state index in [2.05, 4.69) is 5.32 Å². The number of hydrogen-bond acceptors (Lipinski definition) is 2. The van der Waals surface area contributed by atoms with Crippen LogP contribution in [0.15, 0.2) is 18.2 Å². The molecule has 104 valence electrons. The molecule has 1 amide bonds. The molecule has 6 heteroatoms. The van der Waals surface area contributed by atoms with E-state index in [9.17, 15) is 14.0 Å². The molecule has 0 aromatic heterocycles. The summed E-state index contributed by atoms with van der Waals surface area (Å²) in [6.07, 6.45) is 0.315. The molecule has 4 nitrogen and oxygen atoms in total. The van der Waals surface area contributed by atoms with Gasteiger partial charge in [0, 0.05) is 5.56 Å². The van der Waals surface area contributed by atoms with Crippen molar-refractivity contribution < 1.29 is 19.1 Å². The van der Waals surface area contributed by atoms with Gasteiger partial charge in [-0.25, -0.2) is 9.18 Å². The highest BCUT2D eigenvalue weighted by molar-refractivity contribution is 6.31. The molecule has 0 unspecified atom stereocenters. The second-order valence-corrected chi connectivity index (χ2v) is 5.03. The standard InChI is InChI=1S/C13H15ClFNO3/c1-7(2)5-11(13(18)19)16-12(17)8-3-4-10(15)9(14)6-8/h3-4,6-7,11H,5H2,1-2H3,(H,16,17)(H,18,19)/t11-/m0/s1. The van der Waals surface area contributed by atoms with Crippen molar-refractivity contribution >= 4 is 23.5 Å². The lowest BCUT2D eigenvalue weighted by molar-refractivity contribution is -0.139. The molecule has 0 saturated heterocycles. The summed E-state index contributed by atoms with van der Waals surface area (Å²) in [5.41, 5.74) is 0.126. The van der Waals surface area contributed by atoms with Crippen LogP contribution in [-0.2, 0) is 4.79 Å². The summed E-state index contributed by atoms with van der Waals surface area (Å²) in [6, 6.07) is 2.51. The van der Waals surface area contributed by atoms with Gasteiger partial charge in [0.05, 0.1) is 5.02 Å². The van der Waals surface area contributed by atoms with Crippen molar-refractivity contribution in [2.24, 2.45) is 5.92 Å². The third kappa shape index (κ3) is 4.52. The van der Waals surface area contributed by atoms with Crippen LogP contribution in [0.5, 0.6) is 0 Å². The predicted molar refractivity (Wildman–Crippen MR) is 69.8 cm³/mol. The Morgan fingerprint density at radius 1 is 1.42 bits per heavy atom. The first-order chi connectivity index (χ1) is 8.81. The average molecular weight is 288 g/mol. The van der Waals surface area contributed by atoms with Crippen molar-refractivity contribution in [3.05, 3.63) is 34.6 Å². The van der Waals surface area contributed by atoms with Gasteiger partial charge in [0.25, 0.3) is 5.91 Å². The summed E-state index contributed by atoms with van der Waals surface area (Å²) in [5, 5.41) is 11.2. The van der Waals surface area contributed by atoms with Gasteiger partial charge in [-0.3, -0.25) is 4.79 Å². The van der Waals surface area contributed by atoms with Gasteiger partial charge in [0.15, 0.2) is 0 Å². The lowest BCUT2D eigenvalue weighted by Crippen LogP contribution is -2.41. The van der Waals surface area contributed by atoms with Crippen molar-refractivity contribution in [2.75, 3.05) is 0 Å². The van der Waals surface area contributed by atoms with Gasteiger partial charge >= 0.3 is 5.97 Å². The third-order valence-corrected chi connectivity index (χ3v) is 2.78. The van der Waals surface area contributed by atoms with Crippen molar-refractivity contribution in [2.45, 2.75) is 26.3 Å². The van der Waals surface area contributed by atoms with E-state index in [1.807, 2.05) is 13.8 Å². The number of carboxylic acid groups (broad SMARTS) is 1. The molecule has 0 radical (unpaired) electrons. The van der Waals surface area contributed by atoms with Crippen LogP contribution in [0, 0.1) is 11.7 Å². The van der Waals surface area contributed by atoms with Crippen LogP contribution in [0.3, 0.4) is 0 Å². The van der Waals surface area contributed by atoms with Gasteiger partial charge in [0.1, 0.15) is 11.9 Å². The predicted octanol–water partition coefficient (Wildman–Crippen LogP) is 2.71. The van der Waals surface area contributed by atoms with E-state index >= 15 is 0 Å². The summed E-state index contributed by atoms with van der Waals surface area (Å²) in [6.45, 7) is 3.72. The Morgan fingerprint density at radius 3 is 2.53 bits per heavy atom. The fourth-order valence-electron chi connectivity index (χ4n) is 1.57. The van der Waals surface area contributed by atoms with E-state index in [0.717, 1.165) is 6.07 Å². The van der Waals surface area contributed by atoms with E-state index in [0.29, 0.717) is 6.42 Å². The number of benzene rings is 1. The van der Waals surface area contributed by atoms with Gasteiger partial charge in [-0.2, -0.15) is 0 Å². The molecule has 1 aromatic carbocycles. The molecule has 0 saturated carbocycles. The number of carbonyl (C=O) groups excluding carboxylic acids is 1. The number of carboxylic acids is 1. The first-order valence-corrected chi connectivity index (χ1v) is 6.17. The molecule has 0 spiro atoms. The maximum absolute atomic E-state index is 13.0. The van der Waals surface area contributed by atoms with Gasteiger partial charge in [-0.1, -0.05) is 25.4 Å². The van der Waals surface area contributed by atoms with E-state index in [1.54, 1.807) is 0 Å². The monoisotopic (exact) mass is 287 g/mol. The molecule has 0 bridgehead atoms. The molecule has 0 heterocycles. The third-order valence-electron chi connectivity index (χ3n) is 2.49. The van der Waals surface area contributed by atoms with E-state index in [4.69, 9.17) is 16.7 Å². The maximum Gasteiger partial charge on any atom is 0.326 e. The van der Waals surface area contributed by atoms with Crippen LogP contribution in [0.2, 0.25) is 5.02 Å². The van der Waals surface area contributed by atoms with E-state index in [-0.39, 0.29) is 16.5 Å². The Morgan fingerprint density at radius 2 is 2.05 bits per heavy atom. The van der Waals surface area contributed by atoms with Crippen LogP contribution in [0.25, 0.3) is 0 Å². The molecule has 0 fully saturated rings. The molecular weight excluding hydrogens is 273 g/mol. The Hall–Kier alpha value is -1.62. The Labute approximate surface area is 115 Å². The summed E-state index contributed by atoms with van der Waals surface area (Å²) < 4.78 is 13.0. The van der Waals surface area contributed by atoms with Crippen LogP contribution < -0.4 is 5.32 Å². The summed E-state index contributed by atoms with van der Waals surface area (Å²) in [4.78, 5) is 22.9. The van der Waals surface area contributed by atoms with Crippen molar-refractivity contribution in [3.63, 3.8) is 0 Å². The molecule has 0 aliphatic carbocycles. The van der Waals surface area contributed by atoms with E-state index < -0.39 is 23.7 Å². The van der Waals surface area contributed by atoms with Crippen LogP contribution >= 0.6 is 11.6 Å². The van der Waals surface area contributed by atoms with Gasteiger partial charge in [0.2, 0.25) is 0 Å². The number of nitrogens with one attached hydrogen (secondary N) is 1. The summed E-state index contributed by atoms with van der Waals surface area (Å²) >= 11 is 5.57. The van der Waals surface area contributed by atoms with Gasteiger partial charge < -0.3 is 10.4 Å². The molecule has 1 atom stereocenters. The normalized spacial score (nSPS) is 12.3. The number of hydrogen-bond donors (Lipinski definition) is 2. The topological polar surface area (TPSA) is 66.4 Å². The molecule has 0 aliphatic rings. The molecule has 2 N–H and O–H groups in total. The minimum atomic E-state index is -1.10. The second kappa shape index (κ2) is 6.52. The Bertz CT molecular complexity index is 491. The summed E-state index contributed by atoms with van der Waals surface area (Å²) in [5.74, 6) is -2.20. The number of carbonyl (C=O) groups is 2. The fraction of sp³-hybridized carbons (Fsp3) is 0.385.